The van der Waals surface area contributed by atoms with Gasteiger partial charge in [-0.25, -0.2) is 4.79 Å². The van der Waals surface area contributed by atoms with Crippen LogP contribution >= 0.6 is 34.8 Å². The van der Waals surface area contributed by atoms with E-state index in [0.717, 1.165) is 0 Å². The number of benzene rings is 2. The molecule has 0 bridgehead atoms. The summed E-state index contributed by atoms with van der Waals surface area (Å²) in [6, 6.07) is 8.54. The van der Waals surface area contributed by atoms with E-state index in [2.05, 4.69) is 0 Å². The monoisotopic (exact) mass is 450 g/mol. The maximum absolute atomic E-state index is 12.8. The number of aliphatic hydroxyl groups is 1. The van der Waals surface area contributed by atoms with Crippen molar-refractivity contribution in [2.75, 3.05) is 0 Å². The van der Waals surface area contributed by atoms with Crippen LogP contribution in [0.5, 0.6) is 11.5 Å². The number of phenols is 1. The van der Waals surface area contributed by atoms with Gasteiger partial charge in [-0.1, -0.05) is 29.8 Å². The third-order valence-corrected chi connectivity index (χ3v) is 6.44. The summed E-state index contributed by atoms with van der Waals surface area (Å²) in [5.74, 6) is -0.325. The number of halogens is 3. The lowest BCUT2D eigenvalue weighted by Gasteiger charge is -2.40. The van der Waals surface area contributed by atoms with Crippen molar-refractivity contribution in [2.24, 2.45) is 0 Å². The van der Waals surface area contributed by atoms with E-state index in [1.807, 2.05) is 0 Å². The number of alkyl halides is 2. The SMILES string of the molecule is O=C1OC2(C3=C(C=C(O)C(Cl)C3)Oc3c2cc(Cl)c(O)c3CCl)c2ccccc21. The minimum atomic E-state index is -1.35. The molecule has 0 amide bonds. The fourth-order valence-corrected chi connectivity index (χ4v) is 4.88. The van der Waals surface area contributed by atoms with Crippen LogP contribution in [0.1, 0.15) is 33.5 Å². The average Bonchev–Trinajstić information content (AvgIpc) is 3.00. The minimum absolute atomic E-state index is 0.0588. The van der Waals surface area contributed by atoms with Crippen molar-refractivity contribution in [2.45, 2.75) is 23.3 Å². The van der Waals surface area contributed by atoms with Gasteiger partial charge in [-0.05, 0) is 12.1 Å². The van der Waals surface area contributed by atoms with Crippen LogP contribution in [0.3, 0.4) is 0 Å². The van der Waals surface area contributed by atoms with Crippen molar-refractivity contribution in [1.82, 2.24) is 0 Å². The first-order chi connectivity index (χ1) is 13.9. The van der Waals surface area contributed by atoms with Crippen LogP contribution in [0.2, 0.25) is 5.02 Å². The number of phenolic OH excluding ortho intramolecular Hbond substituents is 1. The van der Waals surface area contributed by atoms with Crippen LogP contribution in [0.4, 0.5) is 0 Å². The highest BCUT2D eigenvalue weighted by molar-refractivity contribution is 6.32. The smallest absolute Gasteiger partial charge is 0.340 e. The molecular formula is C21H13Cl3O5. The Balaban J connectivity index is 1.91. The molecule has 0 radical (unpaired) electrons. The molecular weight excluding hydrogens is 439 g/mol. The van der Waals surface area contributed by atoms with Gasteiger partial charge in [-0.3, -0.25) is 0 Å². The topological polar surface area (TPSA) is 76.0 Å². The first-order valence-electron chi connectivity index (χ1n) is 8.78. The van der Waals surface area contributed by atoms with Gasteiger partial charge in [-0.15, -0.1) is 23.2 Å². The number of carbonyl (C=O) groups excluding carboxylic acids is 1. The fraction of sp³-hybridized carbons (Fsp3) is 0.190. The largest absolute Gasteiger partial charge is 0.511 e. The number of ether oxygens (including phenoxy) is 2. The molecule has 2 aliphatic heterocycles. The van der Waals surface area contributed by atoms with Gasteiger partial charge < -0.3 is 19.7 Å². The van der Waals surface area contributed by atoms with Gasteiger partial charge in [0.2, 0.25) is 0 Å². The molecule has 29 heavy (non-hydrogen) atoms. The minimum Gasteiger partial charge on any atom is -0.511 e. The van der Waals surface area contributed by atoms with Crippen molar-refractivity contribution in [3.8, 4) is 11.5 Å². The molecule has 0 saturated carbocycles. The summed E-state index contributed by atoms with van der Waals surface area (Å²) >= 11 is 18.7. The van der Waals surface area contributed by atoms with Gasteiger partial charge >= 0.3 is 5.97 Å². The molecule has 8 heteroatoms. The Morgan fingerprint density at radius 1 is 1.21 bits per heavy atom. The molecule has 2 N–H and O–H groups in total. The summed E-state index contributed by atoms with van der Waals surface area (Å²) in [7, 11) is 0. The van der Waals surface area contributed by atoms with Crippen LogP contribution in [-0.4, -0.2) is 21.6 Å². The van der Waals surface area contributed by atoms with E-state index in [4.69, 9.17) is 44.3 Å². The van der Waals surface area contributed by atoms with E-state index in [9.17, 15) is 15.0 Å². The average molecular weight is 452 g/mol. The Hall–Kier alpha value is -2.34. The molecule has 0 aromatic heterocycles. The molecule has 0 fully saturated rings. The Morgan fingerprint density at radius 3 is 2.72 bits per heavy atom. The normalized spacial score (nSPS) is 24.4. The maximum Gasteiger partial charge on any atom is 0.340 e. The predicted octanol–water partition coefficient (Wildman–Crippen LogP) is 5.30. The second-order valence-corrected chi connectivity index (χ2v) is 8.20. The van der Waals surface area contributed by atoms with Crippen molar-refractivity contribution >= 4 is 40.8 Å². The second-order valence-electron chi connectivity index (χ2n) is 7.00. The molecule has 3 aliphatic rings. The molecule has 2 aromatic rings. The van der Waals surface area contributed by atoms with Crippen molar-refractivity contribution in [1.29, 1.82) is 0 Å². The molecule has 0 saturated heterocycles. The lowest BCUT2D eigenvalue weighted by Crippen LogP contribution is -2.38. The van der Waals surface area contributed by atoms with Crippen molar-refractivity contribution in [3.63, 3.8) is 0 Å². The van der Waals surface area contributed by atoms with Gasteiger partial charge in [0, 0.05) is 29.2 Å². The number of aromatic hydroxyl groups is 1. The second kappa shape index (κ2) is 6.33. The third kappa shape index (κ3) is 2.38. The summed E-state index contributed by atoms with van der Waals surface area (Å²) in [6.45, 7) is 0. The molecule has 5 nitrogen and oxygen atoms in total. The number of esters is 1. The third-order valence-electron chi connectivity index (χ3n) is 5.50. The molecule has 148 valence electrons. The van der Waals surface area contributed by atoms with Crippen LogP contribution in [0.15, 0.2) is 53.5 Å². The van der Waals surface area contributed by atoms with Gasteiger partial charge in [-0.2, -0.15) is 0 Å². The first kappa shape index (κ1) is 18.7. The predicted molar refractivity (Wildman–Crippen MR) is 108 cm³/mol. The van der Waals surface area contributed by atoms with E-state index in [-0.39, 0.29) is 40.1 Å². The number of rotatable bonds is 1. The molecule has 1 aliphatic carbocycles. The van der Waals surface area contributed by atoms with E-state index >= 15 is 0 Å². The number of hydrogen-bond donors (Lipinski definition) is 2. The number of fused-ring (bicyclic) bond motifs is 5. The number of hydrogen-bond acceptors (Lipinski definition) is 5. The molecule has 2 aromatic carbocycles. The van der Waals surface area contributed by atoms with E-state index in [0.29, 0.717) is 28.0 Å². The Bertz CT molecular complexity index is 1150. The number of allylic oxidation sites excluding steroid dienone is 2. The Labute approximate surface area is 180 Å². The fourth-order valence-electron chi connectivity index (χ4n) is 4.20. The van der Waals surface area contributed by atoms with Gasteiger partial charge in [0.15, 0.2) is 5.60 Å². The summed E-state index contributed by atoms with van der Waals surface area (Å²) in [6.07, 6.45) is 1.59. The zero-order valence-corrected chi connectivity index (χ0v) is 17.0. The van der Waals surface area contributed by atoms with Crippen LogP contribution in [-0.2, 0) is 16.2 Å². The van der Waals surface area contributed by atoms with Gasteiger partial charge in [0.05, 0.1) is 27.4 Å². The molecule has 2 heterocycles. The highest BCUT2D eigenvalue weighted by atomic mass is 35.5. The molecule has 2 unspecified atom stereocenters. The lowest BCUT2D eigenvalue weighted by atomic mass is 9.74. The summed E-state index contributed by atoms with van der Waals surface area (Å²) in [5.41, 5.74) is 0.979. The van der Waals surface area contributed by atoms with Gasteiger partial charge in [0.1, 0.15) is 23.0 Å². The number of aliphatic hydroxyl groups excluding tert-OH is 1. The standard InChI is InChI=1S/C21H13Cl3O5/c22-8-10-18(26)15(24)6-13-19(10)28-17-7-16(25)14(23)5-12(17)21(13)11-4-2-1-3-9(11)20(27)29-21/h1-4,6-7,14,25-26H,5,8H2. The summed E-state index contributed by atoms with van der Waals surface area (Å²) in [5, 5.41) is 19.9. The van der Waals surface area contributed by atoms with E-state index in [1.54, 1.807) is 24.3 Å². The Morgan fingerprint density at radius 2 is 1.97 bits per heavy atom. The van der Waals surface area contributed by atoms with Crippen molar-refractivity contribution < 1.29 is 24.5 Å². The van der Waals surface area contributed by atoms with Crippen LogP contribution in [0.25, 0.3) is 0 Å². The molecule has 1 spiro atoms. The zero-order valence-electron chi connectivity index (χ0n) is 14.7. The highest BCUT2D eigenvalue weighted by Gasteiger charge is 2.56. The summed E-state index contributed by atoms with van der Waals surface area (Å²) < 4.78 is 12.0. The molecule has 5 rings (SSSR count). The van der Waals surface area contributed by atoms with Gasteiger partial charge in [0.25, 0.3) is 0 Å². The summed E-state index contributed by atoms with van der Waals surface area (Å²) in [4.78, 5) is 12.8. The zero-order chi connectivity index (χ0) is 20.5. The maximum atomic E-state index is 12.8. The van der Waals surface area contributed by atoms with E-state index < -0.39 is 16.9 Å². The lowest BCUT2D eigenvalue weighted by molar-refractivity contribution is 0.0188. The molecule has 2 atom stereocenters. The highest BCUT2D eigenvalue weighted by Crippen LogP contribution is 2.58. The van der Waals surface area contributed by atoms with Crippen LogP contribution < -0.4 is 4.74 Å². The van der Waals surface area contributed by atoms with Crippen molar-refractivity contribution in [3.05, 3.63) is 80.8 Å². The first-order valence-corrected chi connectivity index (χ1v) is 10.1. The Kier molecular flexibility index (Phi) is 4.07. The quantitative estimate of drug-likeness (QED) is 0.455. The van der Waals surface area contributed by atoms with E-state index in [1.165, 1.54) is 12.1 Å². The number of carbonyl (C=O) groups is 1. The van der Waals surface area contributed by atoms with Crippen LogP contribution in [0, 0.1) is 0 Å².